The van der Waals surface area contributed by atoms with E-state index in [1.54, 1.807) is 12.1 Å². The number of rotatable bonds is 4. The third kappa shape index (κ3) is 3.84. The lowest BCUT2D eigenvalue weighted by Gasteiger charge is -2.28. The lowest BCUT2D eigenvalue weighted by Crippen LogP contribution is -2.29. The fourth-order valence-corrected chi connectivity index (χ4v) is 3.09. The van der Waals surface area contributed by atoms with Crippen molar-refractivity contribution in [1.82, 2.24) is 4.90 Å². The molecule has 0 saturated heterocycles. The van der Waals surface area contributed by atoms with Crippen LogP contribution in [0.1, 0.15) is 16.7 Å². The van der Waals surface area contributed by atoms with E-state index in [-0.39, 0.29) is 5.75 Å². The molecule has 0 aliphatic carbocycles. The maximum absolute atomic E-state index is 12.6. The summed E-state index contributed by atoms with van der Waals surface area (Å²) in [5.74, 6) is -0.00240. The third-order valence-electron chi connectivity index (χ3n) is 3.71. The van der Waals surface area contributed by atoms with E-state index in [9.17, 15) is 12.3 Å². The molecule has 0 fully saturated rings. The van der Waals surface area contributed by atoms with Crippen LogP contribution in [0.5, 0.6) is 5.75 Å². The Morgan fingerprint density at radius 3 is 2.64 bits per heavy atom. The smallest absolute Gasteiger partial charge is 0.358 e. The minimum atomic E-state index is -4.98. The first-order chi connectivity index (χ1) is 10.5. The maximum atomic E-state index is 12.6. The average molecular weight is 321 g/mol. The van der Waals surface area contributed by atoms with Crippen molar-refractivity contribution in [2.75, 3.05) is 6.54 Å². The number of benzene rings is 2. The van der Waals surface area contributed by atoms with E-state index in [1.165, 1.54) is 17.2 Å². The first kappa shape index (κ1) is 15.0. The molecule has 22 heavy (non-hydrogen) atoms. The summed E-state index contributed by atoms with van der Waals surface area (Å²) in [6.07, 6.45) is 0.991. The van der Waals surface area contributed by atoms with Crippen molar-refractivity contribution in [3.05, 3.63) is 65.2 Å². The summed E-state index contributed by atoms with van der Waals surface area (Å²) in [5.41, 5.74) is 3.58. The van der Waals surface area contributed by atoms with Crippen molar-refractivity contribution in [1.29, 1.82) is 0 Å². The van der Waals surface area contributed by atoms with Gasteiger partial charge in [0.1, 0.15) is 5.75 Å². The second-order valence-electron chi connectivity index (χ2n) is 5.35. The van der Waals surface area contributed by atoms with Crippen molar-refractivity contribution in [2.45, 2.75) is 19.5 Å². The second kappa shape index (κ2) is 6.06. The molecule has 0 aromatic heterocycles. The molecule has 0 unspecified atom stereocenters. The van der Waals surface area contributed by atoms with Gasteiger partial charge in [-0.3, -0.25) is 4.90 Å². The number of hydrogen-bond donors (Lipinski definition) is 0. The van der Waals surface area contributed by atoms with Crippen LogP contribution in [0.2, 0.25) is 0 Å². The Bertz CT molecular complexity index is 776. The van der Waals surface area contributed by atoms with E-state index in [2.05, 4.69) is 21.2 Å². The highest BCUT2D eigenvalue weighted by Gasteiger charge is 2.16. The Kier molecular flexibility index (Phi) is 4.13. The molecule has 0 atom stereocenters. The molecule has 0 saturated carbocycles. The summed E-state index contributed by atoms with van der Waals surface area (Å²) < 4.78 is 37.9. The molecule has 0 radical (unpaired) electrons. The molecule has 4 nitrogen and oxygen atoms in total. The van der Waals surface area contributed by atoms with Gasteiger partial charge in [0.25, 0.3) is 0 Å². The largest absolute Gasteiger partial charge is 0.488 e. The van der Waals surface area contributed by atoms with Crippen LogP contribution in [0.3, 0.4) is 0 Å². The van der Waals surface area contributed by atoms with Gasteiger partial charge in [-0.1, -0.05) is 40.3 Å². The van der Waals surface area contributed by atoms with Gasteiger partial charge in [-0.2, -0.15) is 8.42 Å². The second-order valence-corrected chi connectivity index (χ2v) is 6.31. The average Bonchev–Trinajstić information content (AvgIpc) is 2.46. The van der Waals surface area contributed by atoms with E-state index < -0.39 is 10.5 Å². The van der Waals surface area contributed by atoms with Crippen LogP contribution in [-0.4, -0.2) is 19.9 Å². The van der Waals surface area contributed by atoms with Gasteiger partial charge in [0.05, 0.1) is 0 Å². The summed E-state index contributed by atoms with van der Waals surface area (Å²) in [4.78, 5) is 2.27. The highest BCUT2D eigenvalue weighted by atomic mass is 32.3. The van der Waals surface area contributed by atoms with Crippen LogP contribution in [0, 0.1) is 0 Å². The van der Waals surface area contributed by atoms with Gasteiger partial charge in [0, 0.05) is 19.6 Å². The molecule has 1 heterocycles. The molecule has 1 aliphatic heterocycles. The van der Waals surface area contributed by atoms with E-state index in [0.717, 1.165) is 25.1 Å². The van der Waals surface area contributed by atoms with Crippen LogP contribution in [0.15, 0.2) is 48.5 Å². The number of halogens is 1. The summed E-state index contributed by atoms with van der Waals surface area (Å²) >= 11 is 0. The Morgan fingerprint density at radius 2 is 1.86 bits per heavy atom. The van der Waals surface area contributed by atoms with E-state index in [0.29, 0.717) is 6.54 Å². The fourth-order valence-electron chi connectivity index (χ4n) is 2.76. The van der Waals surface area contributed by atoms with Crippen molar-refractivity contribution in [3.8, 4) is 5.75 Å². The van der Waals surface area contributed by atoms with E-state index >= 15 is 0 Å². The molecular weight excluding hydrogens is 305 g/mol. The fraction of sp³-hybridized carbons (Fsp3) is 0.250. The van der Waals surface area contributed by atoms with Crippen LogP contribution in [-0.2, 0) is 30.0 Å². The molecule has 0 spiro atoms. The monoisotopic (exact) mass is 321 g/mol. The van der Waals surface area contributed by atoms with Crippen LogP contribution >= 0.6 is 0 Å². The number of fused-ring (bicyclic) bond motifs is 1. The molecule has 0 N–H and O–H groups in total. The molecule has 1 aliphatic rings. The lowest BCUT2D eigenvalue weighted by atomic mass is 9.99. The van der Waals surface area contributed by atoms with Gasteiger partial charge in [0.15, 0.2) is 0 Å². The molecule has 2 aromatic rings. The predicted octanol–water partition coefficient (Wildman–Crippen LogP) is 2.84. The first-order valence-electron chi connectivity index (χ1n) is 7.02. The SMILES string of the molecule is O=S(=O)(F)Oc1cccc(CN2CCc3ccccc3C2)c1. The van der Waals surface area contributed by atoms with Gasteiger partial charge in [-0.05, 0) is 35.2 Å². The Labute approximate surface area is 129 Å². The zero-order chi connectivity index (χ0) is 15.6. The zero-order valence-electron chi connectivity index (χ0n) is 11.9. The molecule has 116 valence electrons. The van der Waals surface area contributed by atoms with Gasteiger partial charge in [-0.15, -0.1) is 0 Å². The molecule has 6 heteroatoms. The molecule has 2 aromatic carbocycles. The normalized spacial score (nSPS) is 15.3. The molecule has 0 amide bonds. The van der Waals surface area contributed by atoms with Crippen molar-refractivity contribution in [2.24, 2.45) is 0 Å². The Balaban J connectivity index is 1.71. The van der Waals surface area contributed by atoms with Gasteiger partial charge >= 0.3 is 10.5 Å². The highest BCUT2D eigenvalue weighted by molar-refractivity contribution is 7.81. The van der Waals surface area contributed by atoms with Gasteiger partial charge in [0.2, 0.25) is 0 Å². The Hall–Kier alpha value is -1.92. The Morgan fingerprint density at radius 1 is 1.09 bits per heavy atom. The lowest BCUT2D eigenvalue weighted by molar-refractivity contribution is 0.245. The summed E-state index contributed by atoms with van der Waals surface area (Å²) in [6.45, 7) is 2.45. The predicted molar refractivity (Wildman–Crippen MR) is 81.4 cm³/mol. The van der Waals surface area contributed by atoms with Crippen LogP contribution in [0.25, 0.3) is 0 Å². The van der Waals surface area contributed by atoms with Crippen molar-refractivity contribution < 1.29 is 16.5 Å². The first-order valence-corrected chi connectivity index (χ1v) is 8.33. The minimum absolute atomic E-state index is 0.00240. The quantitative estimate of drug-likeness (QED) is 0.813. The van der Waals surface area contributed by atoms with Crippen molar-refractivity contribution >= 4 is 10.5 Å². The third-order valence-corrected chi connectivity index (χ3v) is 4.10. The molecular formula is C16H16FNO3S. The van der Waals surface area contributed by atoms with Crippen molar-refractivity contribution in [3.63, 3.8) is 0 Å². The maximum Gasteiger partial charge on any atom is 0.488 e. The topological polar surface area (TPSA) is 46.6 Å². The standard InChI is InChI=1S/C16H16FNO3S/c17-22(19,20)21-16-7-3-4-13(10-16)11-18-9-8-14-5-1-2-6-15(14)12-18/h1-7,10H,8-9,11-12H2. The van der Waals surface area contributed by atoms with E-state index in [4.69, 9.17) is 0 Å². The minimum Gasteiger partial charge on any atom is -0.358 e. The molecule has 0 bridgehead atoms. The van der Waals surface area contributed by atoms with E-state index in [1.807, 2.05) is 18.2 Å². The van der Waals surface area contributed by atoms with Crippen LogP contribution < -0.4 is 4.18 Å². The summed E-state index contributed by atoms with van der Waals surface area (Å²) in [5, 5.41) is 0. The molecule has 3 rings (SSSR count). The van der Waals surface area contributed by atoms with Crippen LogP contribution in [0.4, 0.5) is 3.89 Å². The zero-order valence-corrected chi connectivity index (χ0v) is 12.7. The summed E-state index contributed by atoms with van der Waals surface area (Å²) in [7, 11) is -4.98. The number of nitrogens with zero attached hydrogens (tertiary/aromatic N) is 1. The van der Waals surface area contributed by atoms with Gasteiger partial charge < -0.3 is 4.18 Å². The van der Waals surface area contributed by atoms with Gasteiger partial charge in [-0.25, -0.2) is 0 Å². The highest BCUT2D eigenvalue weighted by Crippen LogP contribution is 2.22. The summed E-state index contributed by atoms with van der Waals surface area (Å²) in [6, 6.07) is 14.9. The number of hydrogen-bond acceptors (Lipinski definition) is 4.